The van der Waals surface area contributed by atoms with Gasteiger partial charge in [0.1, 0.15) is 13.2 Å². The average Bonchev–Trinajstić information content (AvgIpc) is 2.49. The van der Waals surface area contributed by atoms with Gasteiger partial charge in [0.25, 0.3) is 0 Å². The Balaban J connectivity index is 2.09. The fourth-order valence-electron chi connectivity index (χ4n) is 2.32. The first kappa shape index (κ1) is 16.1. The molecule has 4 nitrogen and oxygen atoms in total. The summed E-state index contributed by atoms with van der Waals surface area (Å²) in [5, 5.41) is 0. The zero-order valence-electron chi connectivity index (χ0n) is 12.7. The van der Waals surface area contributed by atoms with Gasteiger partial charge in [-0.1, -0.05) is 29.3 Å². The third-order valence-electron chi connectivity index (χ3n) is 3.57. The quantitative estimate of drug-likeness (QED) is 0.784. The van der Waals surface area contributed by atoms with E-state index >= 15 is 0 Å². The molecule has 1 aromatic rings. The number of benzene rings is 1. The Hall–Kier alpha value is -1.23. The van der Waals surface area contributed by atoms with Crippen LogP contribution >= 0.6 is 15.9 Å². The van der Waals surface area contributed by atoms with Crippen LogP contribution in [-0.2, 0) is 11.2 Å². The number of carbonyl (C=O) groups excluding carboxylic acids is 1. The van der Waals surface area contributed by atoms with Gasteiger partial charge < -0.3 is 14.4 Å². The minimum Gasteiger partial charge on any atom is -0.486 e. The van der Waals surface area contributed by atoms with E-state index in [-0.39, 0.29) is 5.91 Å². The molecule has 0 N–H and O–H groups in total. The van der Waals surface area contributed by atoms with E-state index in [1.54, 1.807) is 0 Å². The molecule has 1 amide bonds. The zero-order valence-corrected chi connectivity index (χ0v) is 14.2. The van der Waals surface area contributed by atoms with Crippen molar-refractivity contribution in [3.63, 3.8) is 0 Å². The van der Waals surface area contributed by atoms with Crippen molar-refractivity contribution in [1.82, 2.24) is 4.90 Å². The molecule has 2 rings (SSSR count). The van der Waals surface area contributed by atoms with Crippen LogP contribution in [0.1, 0.15) is 32.3 Å². The molecular formula is C16H22BrNO3. The highest BCUT2D eigenvalue weighted by Gasteiger charge is 2.18. The second kappa shape index (κ2) is 7.69. The average molecular weight is 356 g/mol. The van der Waals surface area contributed by atoms with Crippen LogP contribution in [-0.4, -0.2) is 37.1 Å². The van der Waals surface area contributed by atoms with Crippen molar-refractivity contribution in [2.24, 2.45) is 0 Å². The number of hydrogen-bond donors (Lipinski definition) is 0. The Bertz CT molecular complexity index is 505. The molecule has 1 aromatic carbocycles. The summed E-state index contributed by atoms with van der Waals surface area (Å²) in [4.78, 5) is 14.3. The van der Waals surface area contributed by atoms with Crippen molar-refractivity contribution >= 4 is 21.8 Å². The standard InChI is InChI=1S/C16H22BrNO3/c1-3-5-6-18(4-2)16(19)10-12-9-14-15(11-13(12)17)21-8-7-20-14/h9,11H,3-8,10H2,1-2H3. The van der Waals surface area contributed by atoms with E-state index in [2.05, 4.69) is 22.9 Å². The third-order valence-corrected chi connectivity index (χ3v) is 4.31. The molecule has 1 heterocycles. The Labute approximate surface area is 134 Å². The number of nitrogens with zero attached hydrogens (tertiary/aromatic N) is 1. The number of fused-ring (bicyclic) bond motifs is 1. The van der Waals surface area contributed by atoms with Crippen LogP contribution < -0.4 is 9.47 Å². The summed E-state index contributed by atoms with van der Waals surface area (Å²) >= 11 is 3.52. The molecule has 116 valence electrons. The van der Waals surface area contributed by atoms with Gasteiger partial charge in [-0.15, -0.1) is 0 Å². The molecular weight excluding hydrogens is 334 g/mol. The smallest absolute Gasteiger partial charge is 0.227 e. The fraction of sp³-hybridized carbons (Fsp3) is 0.562. The van der Waals surface area contributed by atoms with Gasteiger partial charge >= 0.3 is 0 Å². The number of amides is 1. The monoisotopic (exact) mass is 355 g/mol. The summed E-state index contributed by atoms with van der Waals surface area (Å²) in [5.74, 6) is 1.62. The maximum atomic E-state index is 12.4. The molecule has 21 heavy (non-hydrogen) atoms. The van der Waals surface area contributed by atoms with Gasteiger partial charge in [0.2, 0.25) is 5.91 Å². The Morgan fingerprint density at radius 1 is 1.24 bits per heavy atom. The van der Waals surface area contributed by atoms with E-state index in [4.69, 9.17) is 9.47 Å². The van der Waals surface area contributed by atoms with Crippen LogP contribution in [0.15, 0.2) is 16.6 Å². The van der Waals surface area contributed by atoms with E-state index in [1.807, 2.05) is 24.0 Å². The summed E-state index contributed by atoms with van der Waals surface area (Å²) in [6, 6.07) is 3.80. The number of hydrogen-bond acceptors (Lipinski definition) is 3. The lowest BCUT2D eigenvalue weighted by molar-refractivity contribution is -0.130. The highest BCUT2D eigenvalue weighted by molar-refractivity contribution is 9.10. The molecule has 0 saturated carbocycles. The van der Waals surface area contributed by atoms with Crippen molar-refractivity contribution < 1.29 is 14.3 Å². The largest absolute Gasteiger partial charge is 0.486 e. The highest BCUT2D eigenvalue weighted by atomic mass is 79.9. The molecule has 0 unspecified atom stereocenters. The lowest BCUT2D eigenvalue weighted by Gasteiger charge is -2.22. The predicted molar refractivity (Wildman–Crippen MR) is 86.0 cm³/mol. The van der Waals surface area contributed by atoms with Crippen molar-refractivity contribution in [3.05, 3.63) is 22.2 Å². The Morgan fingerprint density at radius 2 is 1.90 bits per heavy atom. The van der Waals surface area contributed by atoms with Crippen molar-refractivity contribution in [2.45, 2.75) is 33.1 Å². The summed E-state index contributed by atoms with van der Waals surface area (Å²) in [6.45, 7) is 6.86. The number of unbranched alkanes of at least 4 members (excludes halogenated alkanes) is 1. The van der Waals surface area contributed by atoms with Crippen molar-refractivity contribution in [3.8, 4) is 11.5 Å². The van der Waals surface area contributed by atoms with E-state index < -0.39 is 0 Å². The van der Waals surface area contributed by atoms with E-state index in [0.717, 1.165) is 47.5 Å². The van der Waals surface area contributed by atoms with E-state index in [1.165, 1.54) is 0 Å². The third kappa shape index (κ3) is 4.13. The van der Waals surface area contributed by atoms with Crippen molar-refractivity contribution in [1.29, 1.82) is 0 Å². The first-order chi connectivity index (χ1) is 10.2. The second-order valence-corrected chi connectivity index (χ2v) is 5.95. The molecule has 0 fully saturated rings. The number of rotatable bonds is 6. The summed E-state index contributed by atoms with van der Waals surface area (Å²) in [5.41, 5.74) is 0.944. The summed E-state index contributed by atoms with van der Waals surface area (Å²) in [6.07, 6.45) is 2.52. The maximum absolute atomic E-state index is 12.4. The first-order valence-electron chi connectivity index (χ1n) is 7.51. The number of likely N-dealkylation sites (N-methyl/N-ethyl adjacent to an activating group) is 1. The lowest BCUT2D eigenvalue weighted by Crippen LogP contribution is -2.33. The van der Waals surface area contributed by atoms with Crippen LogP contribution in [0, 0.1) is 0 Å². The minimum absolute atomic E-state index is 0.156. The van der Waals surface area contributed by atoms with Gasteiger partial charge in [-0.2, -0.15) is 0 Å². The van der Waals surface area contributed by atoms with Gasteiger partial charge in [-0.3, -0.25) is 4.79 Å². The minimum atomic E-state index is 0.156. The van der Waals surface area contributed by atoms with E-state index in [0.29, 0.717) is 19.6 Å². The molecule has 1 aliphatic heterocycles. The topological polar surface area (TPSA) is 38.8 Å². The van der Waals surface area contributed by atoms with Crippen LogP contribution in [0.4, 0.5) is 0 Å². The second-order valence-electron chi connectivity index (χ2n) is 5.09. The first-order valence-corrected chi connectivity index (χ1v) is 8.30. The van der Waals surface area contributed by atoms with Gasteiger partial charge in [-0.25, -0.2) is 0 Å². The van der Waals surface area contributed by atoms with Crippen molar-refractivity contribution in [2.75, 3.05) is 26.3 Å². The lowest BCUT2D eigenvalue weighted by atomic mass is 10.1. The summed E-state index contributed by atoms with van der Waals surface area (Å²) < 4.78 is 12.0. The molecule has 5 heteroatoms. The SMILES string of the molecule is CCCCN(CC)C(=O)Cc1cc2c(cc1Br)OCCO2. The molecule has 0 atom stereocenters. The molecule has 0 aliphatic carbocycles. The van der Waals surface area contributed by atoms with Gasteiger partial charge in [0, 0.05) is 17.6 Å². The van der Waals surface area contributed by atoms with Crippen LogP contribution in [0.3, 0.4) is 0 Å². The normalized spacial score (nSPS) is 13.1. The van der Waals surface area contributed by atoms with E-state index in [9.17, 15) is 4.79 Å². The highest BCUT2D eigenvalue weighted by Crippen LogP contribution is 2.35. The zero-order chi connectivity index (χ0) is 15.2. The molecule has 1 aliphatic rings. The molecule has 0 spiro atoms. The number of carbonyl (C=O) groups is 1. The molecule has 0 bridgehead atoms. The number of ether oxygens (including phenoxy) is 2. The molecule has 0 saturated heterocycles. The number of halogens is 1. The maximum Gasteiger partial charge on any atom is 0.227 e. The fourth-order valence-corrected chi connectivity index (χ4v) is 2.79. The van der Waals surface area contributed by atoms with Crippen LogP contribution in [0.2, 0.25) is 0 Å². The molecule has 0 aromatic heterocycles. The van der Waals surface area contributed by atoms with Gasteiger partial charge in [0.05, 0.1) is 6.42 Å². The summed E-state index contributed by atoms with van der Waals surface area (Å²) in [7, 11) is 0. The Morgan fingerprint density at radius 3 is 2.52 bits per heavy atom. The van der Waals surface area contributed by atoms with Crippen LogP contribution in [0.25, 0.3) is 0 Å². The molecule has 0 radical (unpaired) electrons. The Kier molecular flexibility index (Phi) is 5.91. The van der Waals surface area contributed by atoms with Gasteiger partial charge in [-0.05, 0) is 31.0 Å². The predicted octanol–water partition coefficient (Wildman–Crippen LogP) is 3.41. The van der Waals surface area contributed by atoms with Gasteiger partial charge in [0.15, 0.2) is 11.5 Å². The van der Waals surface area contributed by atoms with Crippen LogP contribution in [0.5, 0.6) is 11.5 Å².